The Bertz CT molecular complexity index is 810. The second kappa shape index (κ2) is 6.23. The third-order valence-corrected chi connectivity index (χ3v) is 4.89. The Morgan fingerprint density at radius 3 is 2.84 bits per heavy atom. The Balaban J connectivity index is 1.42. The van der Waals surface area contributed by atoms with Gasteiger partial charge in [-0.1, -0.05) is 6.07 Å². The van der Waals surface area contributed by atoms with Crippen LogP contribution in [0.3, 0.4) is 0 Å². The number of fused-ring (bicyclic) bond motifs is 1. The summed E-state index contributed by atoms with van der Waals surface area (Å²) >= 11 is 0. The molecule has 0 spiro atoms. The van der Waals surface area contributed by atoms with Gasteiger partial charge >= 0.3 is 0 Å². The summed E-state index contributed by atoms with van der Waals surface area (Å²) in [4.78, 5) is 41.3. The Hall–Kier alpha value is -2.83. The molecule has 0 aromatic carbocycles. The number of hydrogen-bond acceptors (Lipinski definition) is 5. The van der Waals surface area contributed by atoms with Crippen LogP contribution in [-0.4, -0.2) is 56.2 Å². The highest BCUT2D eigenvalue weighted by molar-refractivity contribution is 5.93. The van der Waals surface area contributed by atoms with Crippen LogP contribution in [0.25, 0.3) is 0 Å². The van der Waals surface area contributed by atoms with Crippen LogP contribution in [0.5, 0.6) is 0 Å². The number of rotatable bonds is 3. The van der Waals surface area contributed by atoms with Crippen molar-refractivity contribution in [2.75, 3.05) is 19.6 Å². The molecule has 0 radical (unpaired) electrons. The molecule has 0 N–H and O–H groups in total. The van der Waals surface area contributed by atoms with E-state index in [1.54, 1.807) is 4.90 Å². The molecule has 2 fully saturated rings. The van der Waals surface area contributed by atoms with E-state index >= 15 is 0 Å². The molecule has 0 saturated carbocycles. The lowest BCUT2D eigenvalue weighted by molar-refractivity contribution is -0.131. The maximum absolute atomic E-state index is 12.7. The second-order valence-corrected chi connectivity index (χ2v) is 6.66. The molecule has 2 aromatic heterocycles. The van der Waals surface area contributed by atoms with Gasteiger partial charge in [0.25, 0.3) is 5.91 Å². The first-order valence-electron chi connectivity index (χ1n) is 8.38. The maximum Gasteiger partial charge on any atom is 0.274 e. The van der Waals surface area contributed by atoms with Gasteiger partial charge in [-0.05, 0) is 19.1 Å². The lowest BCUT2D eigenvalue weighted by Gasteiger charge is -2.21. The number of amides is 2. The number of nitrogens with zero attached hydrogens (tertiary/aromatic N) is 5. The summed E-state index contributed by atoms with van der Waals surface area (Å²) < 4.78 is 0. The van der Waals surface area contributed by atoms with Gasteiger partial charge < -0.3 is 9.80 Å². The minimum atomic E-state index is -0.151. The fourth-order valence-electron chi connectivity index (χ4n) is 3.71. The highest BCUT2D eigenvalue weighted by Gasteiger charge is 2.47. The van der Waals surface area contributed by atoms with E-state index in [0.717, 1.165) is 11.4 Å². The lowest BCUT2D eigenvalue weighted by atomic mass is 10.0. The molecule has 0 unspecified atom stereocenters. The van der Waals surface area contributed by atoms with E-state index in [1.807, 2.05) is 30.0 Å². The number of carbonyl (C=O) groups excluding carboxylic acids is 2. The molecule has 2 aromatic rings. The molecule has 128 valence electrons. The molecule has 0 bridgehead atoms. The van der Waals surface area contributed by atoms with Crippen molar-refractivity contribution in [3.63, 3.8) is 0 Å². The van der Waals surface area contributed by atoms with Crippen LogP contribution in [0.4, 0.5) is 0 Å². The topological polar surface area (TPSA) is 79.3 Å². The largest absolute Gasteiger partial charge is 0.336 e. The Morgan fingerprint density at radius 1 is 1.24 bits per heavy atom. The Labute approximate surface area is 145 Å². The van der Waals surface area contributed by atoms with Gasteiger partial charge in [-0.2, -0.15) is 0 Å². The van der Waals surface area contributed by atoms with Gasteiger partial charge in [-0.15, -0.1) is 0 Å². The van der Waals surface area contributed by atoms with Gasteiger partial charge in [0, 0.05) is 43.6 Å². The molecule has 25 heavy (non-hydrogen) atoms. The van der Waals surface area contributed by atoms with E-state index in [4.69, 9.17) is 0 Å². The third kappa shape index (κ3) is 2.97. The first kappa shape index (κ1) is 15.7. The highest BCUT2D eigenvalue weighted by Crippen LogP contribution is 2.33. The minimum absolute atomic E-state index is 0.114. The van der Waals surface area contributed by atoms with E-state index < -0.39 is 0 Å². The molecule has 2 aliphatic rings. The molecule has 0 aliphatic carbocycles. The fourth-order valence-corrected chi connectivity index (χ4v) is 3.71. The summed E-state index contributed by atoms with van der Waals surface area (Å²) in [6.07, 6.45) is 4.51. The van der Waals surface area contributed by atoms with Gasteiger partial charge in [0.1, 0.15) is 5.69 Å². The summed E-state index contributed by atoms with van der Waals surface area (Å²) in [6, 6.07) is 5.85. The molecule has 4 rings (SSSR count). The maximum atomic E-state index is 12.7. The molecular formula is C18H19N5O2. The molecule has 4 heterocycles. The Kier molecular flexibility index (Phi) is 3.91. The molecule has 7 nitrogen and oxygen atoms in total. The monoisotopic (exact) mass is 337 g/mol. The normalized spacial score (nSPS) is 22.4. The first-order chi connectivity index (χ1) is 12.1. The zero-order valence-corrected chi connectivity index (χ0v) is 14.0. The van der Waals surface area contributed by atoms with Crippen molar-refractivity contribution in [2.45, 2.75) is 13.5 Å². The second-order valence-electron chi connectivity index (χ2n) is 6.66. The smallest absolute Gasteiger partial charge is 0.274 e. The number of hydrogen-bond donors (Lipinski definition) is 0. The molecule has 2 atom stereocenters. The van der Waals surface area contributed by atoms with Gasteiger partial charge in [-0.3, -0.25) is 19.6 Å². The number of carbonyl (C=O) groups is 2. The van der Waals surface area contributed by atoms with E-state index in [9.17, 15) is 9.59 Å². The molecule has 2 amide bonds. The zero-order valence-electron chi connectivity index (χ0n) is 14.0. The Morgan fingerprint density at radius 2 is 2.12 bits per heavy atom. The number of aryl methyl sites for hydroxylation is 1. The van der Waals surface area contributed by atoms with Gasteiger partial charge in [0.2, 0.25) is 5.91 Å². The predicted molar refractivity (Wildman–Crippen MR) is 89.3 cm³/mol. The van der Waals surface area contributed by atoms with Crippen molar-refractivity contribution in [3.05, 3.63) is 53.9 Å². The van der Waals surface area contributed by atoms with Crippen LogP contribution < -0.4 is 0 Å². The summed E-state index contributed by atoms with van der Waals surface area (Å²) in [6.45, 7) is 4.19. The van der Waals surface area contributed by atoms with Crippen molar-refractivity contribution >= 4 is 11.8 Å². The van der Waals surface area contributed by atoms with Crippen LogP contribution in [0.15, 0.2) is 36.8 Å². The van der Waals surface area contributed by atoms with E-state index in [0.29, 0.717) is 31.9 Å². The number of likely N-dealkylation sites (tertiary alicyclic amines) is 2. The summed E-state index contributed by atoms with van der Waals surface area (Å²) in [7, 11) is 0. The predicted octanol–water partition coefficient (Wildman–Crippen LogP) is 0.911. The van der Waals surface area contributed by atoms with Crippen molar-refractivity contribution in [1.29, 1.82) is 0 Å². The van der Waals surface area contributed by atoms with Gasteiger partial charge in [-0.25, -0.2) is 4.98 Å². The quantitative estimate of drug-likeness (QED) is 0.832. The zero-order chi connectivity index (χ0) is 17.4. The first-order valence-corrected chi connectivity index (χ1v) is 8.38. The minimum Gasteiger partial charge on any atom is -0.336 e. The van der Waals surface area contributed by atoms with Crippen molar-refractivity contribution in [2.24, 2.45) is 11.8 Å². The fraction of sp³-hybridized carbons (Fsp3) is 0.389. The summed E-state index contributed by atoms with van der Waals surface area (Å²) in [5.74, 6) is 0.0216. The summed E-state index contributed by atoms with van der Waals surface area (Å²) in [5.41, 5.74) is 2.18. The van der Waals surface area contributed by atoms with Crippen molar-refractivity contribution in [3.8, 4) is 0 Å². The van der Waals surface area contributed by atoms with Crippen LogP contribution in [0, 0.1) is 18.8 Å². The average Bonchev–Trinajstić information content (AvgIpc) is 3.15. The van der Waals surface area contributed by atoms with Gasteiger partial charge in [0.15, 0.2) is 0 Å². The average molecular weight is 337 g/mol. The molecule has 2 aliphatic heterocycles. The summed E-state index contributed by atoms with van der Waals surface area (Å²) in [5, 5.41) is 0. The molecule has 7 heteroatoms. The SMILES string of the molecule is Cc1cccc(CN2C[C@@H]3CN(C(=O)c4cnccn4)C[C@@H]3C2=O)n1. The van der Waals surface area contributed by atoms with Crippen LogP contribution in [-0.2, 0) is 11.3 Å². The van der Waals surface area contributed by atoms with Gasteiger partial charge in [0.05, 0.1) is 24.4 Å². The number of aromatic nitrogens is 3. The molecular weight excluding hydrogens is 318 g/mol. The third-order valence-electron chi connectivity index (χ3n) is 4.89. The van der Waals surface area contributed by atoms with E-state index in [1.165, 1.54) is 18.6 Å². The van der Waals surface area contributed by atoms with Crippen LogP contribution in [0.2, 0.25) is 0 Å². The standard InChI is InChI=1S/C18H19N5O2/c1-12-3-2-4-14(21-12)10-22-8-13-9-23(11-15(13)17(22)24)18(25)16-7-19-5-6-20-16/h2-7,13,15H,8-11H2,1H3/t13-,15+/m1/s1. The van der Waals surface area contributed by atoms with E-state index in [2.05, 4.69) is 15.0 Å². The number of pyridine rings is 1. The lowest BCUT2D eigenvalue weighted by Crippen LogP contribution is -2.35. The highest BCUT2D eigenvalue weighted by atomic mass is 16.2. The van der Waals surface area contributed by atoms with E-state index in [-0.39, 0.29) is 23.7 Å². The van der Waals surface area contributed by atoms with Crippen molar-refractivity contribution < 1.29 is 9.59 Å². The van der Waals surface area contributed by atoms with Crippen LogP contribution in [0.1, 0.15) is 21.9 Å². The molecule has 2 saturated heterocycles. The van der Waals surface area contributed by atoms with Crippen LogP contribution >= 0.6 is 0 Å². The van der Waals surface area contributed by atoms with Crippen molar-refractivity contribution in [1.82, 2.24) is 24.8 Å².